The van der Waals surface area contributed by atoms with Gasteiger partial charge >= 0.3 is 0 Å². The van der Waals surface area contributed by atoms with Crippen molar-refractivity contribution in [1.29, 1.82) is 0 Å². The van der Waals surface area contributed by atoms with Gasteiger partial charge in [0.1, 0.15) is 0 Å². The van der Waals surface area contributed by atoms with Crippen LogP contribution in [0.4, 0.5) is 0 Å². The Bertz CT molecular complexity index is 1120. The van der Waals surface area contributed by atoms with Gasteiger partial charge in [-0.15, -0.1) is 0 Å². The van der Waals surface area contributed by atoms with Crippen LogP contribution in [-0.4, -0.2) is 21.9 Å². The highest BCUT2D eigenvalue weighted by molar-refractivity contribution is 6.04. The van der Waals surface area contributed by atoms with Crippen LogP contribution in [0.3, 0.4) is 0 Å². The third-order valence-corrected chi connectivity index (χ3v) is 4.78. The van der Waals surface area contributed by atoms with Crippen LogP contribution >= 0.6 is 0 Å². The number of hydrazone groups is 1. The Balaban J connectivity index is 1.70. The van der Waals surface area contributed by atoms with Crippen LogP contribution in [-0.2, 0) is 0 Å². The van der Waals surface area contributed by atoms with Crippen molar-refractivity contribution in [3.05, 3.63) is 82.8 Å². The molecule has 6 heteroatoms. The van der Waals surface area contributed by atoms with Crippen molar-refractivity contribution in [1.82, 2.24) is 15.2 Å². The van der Waals surface area contributed by atoms with Gasteiger partial charge in [0, 0.05) is 11.6 Å². The maximum atomic E-state index is 12.9. The first-order valence-electron chi connectivity index (χ1n) is 9.30. The summed E-state index contributed by atoms with van der Waals surface area (Å²) in [5, 5.41) is 9.41. The molecule has 3 aromatic rings. The number of amides is 1. The number of carbonyl (C=O) groups excluding carboxylic acids is 1. The maximum Gasteiger partial charge on any atom is 0.292 e. The number of rotatable bonds is 4. The van der Waals surface area contributed by atoms with Crippen molar-refractivity contribution >= 4 is 22.9 Å². The molecule has 6 nitrogen and oxygen atoms in total. The molecule has 0 radical (unpaired) electrons. The Labute approximate surface area is 162 Å². The van der Waals surface area contributed by atoms with E-state index in [9.17, 15) is 9.59 Å². The van der Waals surface area contributed by atoms with E-state index >= 15 is 0 Å². The zero-order chi connectivity index (χ0) is 19.3. The molecule has 1 aromatic heterocycles. The Hall–Kier alpha value is -3.54. The Morgan fingerprint density at radius 2 is 1.82 bits per heavy atom. The molecule has 28 heavy (non-hydrogen) atoms. The molecule has 1 heterocycles. The van der Waals surface area contributed by atoms with E-state index in [1.165, 1.54) is 4.68 Å². The number of benzene rings is 2. The van der Waals surface area contributed by atoms with Crippen molar-refractivity contribution in [3.8, 4) is 5.69 Å². The number of hydrogen-bond acceptors (Lipinski definition) is 4. The van der Waals surface area contributed by atoms with Crippen molar-refractivity contribution in [2.45, 2.75) is 19.3 Å². The first-order chi connectivity index (χ1) is 13.7. The summed E-state index contributed by atoms with van der Waals surface area (Å²) in [6.45, 7) is 0. The highest BCUT2D eigenvalue weighted by Gasteiger charge is 2.17. The van der Waals surface area contributed by atoms with Crippen molar-refractivity contribution in [2.75, 3.05) is 0 Å². The predicted octanol–water partition coefficient (Wildman–Crippen LogP) is 3.46. The Morgan fingerprint density at radius 3 is 2.57 bits per heavy atom. The molecule has 0 unspecified atom stereocenters. The molecule has 2 aromatic carbocycles. The number of aromatic nitrogens is 2. The molecule has 0 spiro atoms. The fraction of sp³-hybridized carbons (Fsp3) is 0.182. The summed E-state index contributed by atoms with van der Waals surface area (Å²) in [5.41, 5.74) is 3.07. The number of hydrogen-bond donors (Lipinski definition) is 1. The largest absolute Gasteiger partial charge is 0.292 e. The Morgan fingerprint density at radius 1 is 1.07 bits per heavy atom. The molecule has 0 aliphatic heterocycles. The quantitative estimate of drug-likeness (QED) is 0.433. The zero-order valence-corrected chi connectivity index (χ0v) is 15.3. The average molecular weight is 372 g/mol. The third-order valence-electron chi connectivity index (χ3n) is 4.78. The molecule has 0 saturated heterocycles. The number of carbonyl (C=O) groups is 1. The van der Waals surface area contributed by atoms with Gasteiger partial charge in [0.25, 0.3) is 11.5 Å². The lowest BCUT2D eigenvalue weighted by molar-refractivity contribution is 0.0950. The number of nitrogens with zero attached hydrogens (tertiary/aromatic N) is 3. The molecule has 1 N–H and O–H groups in total. The van der Waals surface area contributed by atoms with E-state index in [4.69, 9.17) is 0 Å². The lowest BCUT2D eigenvalue weighted by atomic mass is 9.96. The topological polar surface area (TPSA) is 76.3 Å². The van der Waals surface area contributed by atoms with E-state index in [2.05, 4.69) is 27.8 Å². The van der Waals surface area contributed by atoms with Gasteiger partial charge in [-0.3, -0.25) is 9.59 Å². The van der Waals surface area contributed by atoms with Gasteiger partial charge in [-0.05, 0) is 43.4 Å². The van der Waals surface area contributed by atoms with E-state index in [-0.39, 0.29) is 11.3 Å². The van der Waals surface area contributed by atoms with Crippen LogP contribution in [0.2, 0.25) is 0 Å². The highest BCUT2D eigenvalue weighted by atomic mass is 16.2. The van der Waals surface area contributed by atoms with Gasteiger partial charge in [-0.25, -0.2) is 5.43 Å². The van der Waals surface area contributed by atoms with Crippen LogP contribution < -0.4 is 11.0 Å². The van der Waals surface area contributed by atoms with E-state index < -0.39 is 5.91 Å². The number of para-hydroxylation sites is 1. The molecule has 1 amide bonds. The van der Waals surface area contributed by atoms with Crippen LogP contribution in [0.15, 0.2) is 76.6 Å². The molecule has 0 saturated carbocycles. The maximum absolute atomic E-state index is 12.9. The summed E-state index contributed by atoms with van der Waals surface area (Å²) in [6, 6.07) is 16.0. The standard InChI is InChI=1S/C22H20N4O2/c27-21(24-23-15-16-9-3-1-4-10-16)20-18-13-7-8-14-19(18)22(28)26(25-20)17-11-5-2-6-12-17/h1-3,5-8,11-16H,4,9-10H2,(H,24,27)/b23-15-/t16-/m0/s1. The normalized spacial score (nSPS) is 16.5. The van der Waals surface area contributed by atoms with Crippen LogP contribution in [0.25, 0.3) is 16.5 Å². The van der Waals surface area contributed by atoms with Gasteiger partial charge in [0.2, 0.25) is 0 Å². The lowest BCUT2D eigenvalue weighted by Gasteiger charge is -2.12. The smallest absolute Gasteiger partial charge is 0.267 e. The number of nitrogens with one attached hydrogen (secondary N) is 1. The molecule has 140 valence electrons. The summed E-state index contributed by atoms with van der Waals surface area (Å²) in [4.78, 5) is 25.6. The third kappa shape index (κ3) is 3.62. The minimum atomic E-state index is -0.441. The van der Waals surface area contributed by atoms with Gasteiger partial charge in [-0.1, -0.05) is 48.6 Å². The number of allylic oxidation sites excluding steroid dienone is 2. The van der Waals surface area contributed by atoms with Crippen LogP contribution in [0, 0.1) is 5.92 Å². The summed E-state index contributed by atoms with van der Waals surface area (Å²) < 4.78 is 1.26. The van der Waals surface area contributed by atoms with E-state index in [0.717, 1.165) is 19.3 Å². The van der Waals surface area contributed by atoms with Gasteiger partial charge in [0.15, 0.2) is 5.69 Å². The fourth-order valence-electron chi connectivity index (χ4n) is 3.31. The molecule has 4 rings (SSSR count). The first-order valence-corrected chi connectivity index (χ1v) is 9.30. The lowest BCUT2D eigenvalue weighted by Crippen LogP contribution is -2.28. The van der Waals surface area contributed by atoms with Crippen LogP contribution in [0.5, 0.6) is 0 Å². The summed E-state index contributed by atoms with van der Waals surface area (Å²) >= 11 is 0. The molecule has 0 fully saturated rings. The first kappa shape index (κ1) is 17.9. The van der Waals surface area contributed by atoms with Gasteiger partial charge < -0.3 is 0 Å². The second kappa shape index (κ2) is 8.00. The zero-order valence-electron chi connectivity index (χ0n) is 15.3. The highest BCUT2D eigenvalue weighted by Crippen LogP contribution is 2.17. The monoisotopic (exact) mass is 372 g/mol. The van der Waals surface area contributed by atoms with Gasteiger partial charge in [-0.2, -0.15) is 14.9 Å². The molecule has 0 bridgehead atoms. The van der Waals surface area contributed by atoms with Gasteiger partial charge in [0.05, 0.1) is 11.1 Å². The van der Waals surface area contributed by atoms with E-state index in [1.807, 2.05) is 18.2 Å². The predicted molar refractivity (Wildman–Crippen MR) is 110 cm³/mol. The summed E-state index contributed by atoms with van der Waals surface area (Å²) in [7, 11) is 0. The van der Waals surface area contributed by atoms with E-state index in [1.54, 1.807) is 42.6 Å². The summed E-state index contributed by atoms with van der Waals surface area (Å²) in [5.74, 6) is -0.114. The SMILES string of the molecule is O=C(N/N=C\[C@H]1CC=CCC1)c1nn(-c2ccccc2)c(=O)c2ccccc12. The second-order valence-electron chi connectivity index (χ2n) is 6.71. The molecule has 1 aliphatic carbocycles. The van der Waals surface area contributed by atoms with Crippen molar-refractivity contribution in [3.63, 3.8) is 0 Å². The van der Waals surface area contributed by atoms with Crippen molar-refractivity contribution < 1.29 is 4.79 Å². The molecule has 1 aliphatic rings. The Kier molecular flexibility index (Phi) is 5.10. The second-order valence-corrected chi connectivity index (χ2v) is 6.71. The number of fused-ring (bicyclic) bond motifs is 1. The van der Waals surface area contributed by atoms with Crippen LogP contribution in [0.1, 0.15) is 29.8 Å². The average Bonchev–Trinajstić information content (AvgIpc) is 2.75. The molecule has 1 atom stereocenters. The van der Waals surface area contributed by atoms with E-state index in [0.29, 0.717) is 22.4 Å². The summed E-state index contributed by atoms with van der Waals surface area (Å²) in [6.07, 6.45) is 9.05. The minimum Gasteiger partial charge on any atom is -0.267 e. The molecular formula is C22H20N4O2. The molecular weight excluding hydrogens is 352 g/mol. The fourth-order valence-corrected chi connectivity index (χ4v) is 3.31. The van der Waals surface area contributed by atoms with Crippen molar-refractivity contribution in [2.24, 2.45) is 11.0 Å². The minimum absolute atomic E-state index is 0.166.